The van der Waals surface area contributed by atoms with E-state index in [9.17, 15) is 9.59 Å². The van der Waals surface area contributed by atoms with Crippen molar-refractivity contribution in [3.05, 3.63) is 16.0 Å². The van der Waals surface area contributed by atoms with E-state index in [0.29, 0.717) is 16.5 Å². The van der Waals surface area contributed by atoms with Crippen molar-refractivity contribution in [3.63, 3.8) is 0 Å². The van der Waals surface area contributed by atoms with E-state index in [1.807, 2.05) is 0 Å². The minimum atomic E-state index is -0.406. The van der Waals surface area contributed by atoms with E-state index in [1.165, 1.54) is 11.3 Å². The highest BCUT2D eigenvalue weighted by Crippen LogP contribution is 2.40. The number of primary amides is 1. The molecule has 0 bridgehead atoms. The highest BCUT2D eigenvalue weighted by atomic mass is 32.1. The van der Waals surface area contributed by atoms with Crippen LogP contribution in [0.5, 0.6) is 0 Å². The lowest BCUT2D eigenvalue weighted by Gasteiger charge is -2.21. The summed E-state index contributed by atoms with van der Waals surface area (Å²) in [5.74, 6) is 0.435. The van der Waals surface area contributed by atoms with Crippen molar-refractivity contribution in [2.24, 2.45) is 17.6 Å². The van der Waals surface area contributed by atoms with E-state index in [4.69, 9.17) is 5.73 Å². The molecule has 0 saturated heterocycles. The van der Waals surface area contributed by atoms with Gasteiger partial charge < -0.3 is 11.1 Å². The molecule has 0 aliphatic heterocycles. The molecule has 0 aromatic carbocycles. The van der Waals surface area contributed by atoms with Gasteiger partial charge in [0.2, 0.25) is 5.91 Å². The smallest absolute Gasteiger partial charge is 0.251 e. The van der Waals surface area contributed by atoms with Crippen LogP contribution in [0.2, 0.25) is 0 Å². The number of nitrogens with two attached hydrogens (primary N) is 1. The molecule has 5 heteroatoms. The number of thiophene rings is 1. The van der Waals surface area contributed by atoms with Crippen LogP contribution in [-0.4, -0.2) is 11.8 Å². The molecule has 0 unspecified atom stereocenters. The van der Waals surface area contributed by atoms with Crippen LogP contribution in [-0.2, 0) is 17.6 Å². The summed E-state index contributed by atoms with van der Waals surface area (Å²) in [6.45, 7) is 2.21. The quantitative estimate of drug-likeness (QED) is 0.877. The fourth-order valence-corrected chi connectivity index (χ4v) is 5.30. The van der Waals surface area contributed by atoms with E-state index < -0.39 is 5.91 Å². The minimum absolute atomic E-state index is 0.0674. The van der Waals surface area contributed by atoms with Crippen LogP contribution < -0.4 is 11.1 Å². The molecule has 1 saturated carbocycles. The van der Waals surface area contributed by atoms with Crippen molar-refractivity contribution in [1.29, 1.82) is 0 Å². The first kappa shape index (κ1) is 16.5. The van der Waals surface area contributed by atoms with E-state index in [1.54, 1.807) is 11.3 Å². The Balaban J connectivity index is 1.82. The largest absolute Gasteiger partial charge is 0.365 e. The van der Waals surface area contributed by atoms with Crippen molar-refractivity contribution in [3.8, 4) is 0 Å². The third kappa shape index (κ3) is 3.44. The Morgan fingerprint density at radius 1 is 1.22 bits per heavy atom. The molecule has 3 N–H and O–H groups in total. The van der Waals surface area contributed by atoms with Gasteiger partial charge in [-0.25, -0.2) is 0 Å². The molecular weight excluding hydrogens is 308 g/mol. The Morgan fingerprint density at radius 3 is 2.61 bits per heavy atom. The second-order valence-corrected chi connectivity index (χ2v) is 8.02. The van der Waals surface area contributed by atoms with Gasteiger partial charge in [-0.05, 0) is 43.6 Å². The Bertz CT molecular complexity index is 602. The molecule has 2 aliphatic carbocycles. The molecule has 2 aliphatic rings. The van der Waals surface area contributed by atoms with Crippen LogP contribution in [0.3, 0.4) is 0 Å². The van der Waals surface area contributed by atoms with Crippen LogP contribution in [0.1, 0.15) is 72.7 Å². The molecule has 2 amide bonds. The maximum Gasteiger partial charge on any atom is 0.251 e. The minimum Gasteiger partial charge on any atom is -0.365 e. The molecular formula is C18H26N2O2S. The Hall–Kier alpha value is -1.36. The number of fused-ring (bicyclic) bond motifs is 1. The summed E-state index contributed by atoms with van der Waals surface area (Å²) in [6, 6.07) is 0. The lowest BCUT2D eigenvalue weighted by Crippen LogP contribution is -2.26. The molecule has 3 rings (SSSR count). The van der Waals surface area contributed by atoms with Crippen molar-refractivity contribution >= 4 is 28.2 Å². The van der Waals surface area contributed by atoms with Gasteiger partial charge >= 0.3 is 0 Å². The average molecular weight is 334 g/mol. The molecule has 1 atom stereocenters. The monoisotopic (exact) mass is 334 g/mol. The second-order valence-electron chi connectivity index (χ2n) is 6.91. The number of carbonyl (C=O) groups excluding carboxylic acids is 2. The number of hydrogen-bond acceptors (Lipinski definition) is 3. The summed E-state index contributed by atoms with van der Waals surface area (Å²) in [4.78, 5) is 25.7. The van der Waals surface area contributed by atoms with Crippen molar-refractivity contribution in [1.82, 2.24) is 0 Å². The van der Waals surface area contributed by atoms with Gasteiger partial charge in [0.15, 0.2) is 0 Å². The maximum absolute atomic E-state index is 12.5. The number of rotatable bonds is 4. The van der Waals surface area contributed by atoms with Gasteiger partial charge in [0.25, 0.3) is 5.91 Å². The third-order valence-corrected chi connectivity index (χ3v) is 6.57. The molecule has 4 nitrogen and oxygen atoms in total. The molecule has 1 aromatic rings. The summed E-state index contributed by atoms with van der Waals surface area (Å²) in [7, 11) is 0. The predicted molar refractivity (Wildman–Crippen MR) is 93.8 cm³/mol. The van der Waals surface area contributed by atoms with Gasteiger partial charge in [0.05, 0.1) is 5.56 Å². The van der Waals surface area contributed by atoms with Crippen LogP contribution in [0, 0.1) is 11.8 Å². The molecule has 0 radical (unpaired) electrons. The van der Waals surface area contributed by atoms with Crippen LogP contribution in [0.15, 0.2) is 0 Å². The number of anilines is 1. The fraction of sp³-hybridized carbons (Fsp3) is 0.667. The number of hydrogen-bond donors (Lipinski definition) is 2. The number of amides is 2. The predicted octanol–water partition coefficient (Wildman–Crippen LogP) is 3.88. The topological polar surface area (TPSA) is 72.2 Å². The zero-order chi connectivity index (χ0) is 16.4. The average Bonchev–Trinajstić information content (AvgIpc) is 2.92. The van der Waals surface area contributed by atoms with Gasteiger partial charge in [-0.15, -0.1) is 11.3 Å². The van der Waals surface area contributed by atoms with Gasteiger partial charge in [-0.2, -0.15) is 0 Å². The molecule has 1 fully saturated rings. The van der Waals surface area contributed by atoms with E-state index >= 15 is 0 Å². The van der Waals surface area contributed by atoms with Crippen LogP contribution in [0.4, 0.5) is 5.00 Å². The number of nitrogens with one attached hydrogen (secondary N) is 1. The summed E-state index contributed by atoms with van der Waals surface area (Å²) in [5, 5.41) is 3.72. The number of carbonyl (C=O) groups is 2. The van der Waals surface area contributed by atoms with Gasteiger partial charge in [-0.1, -0.05) is 32.6 Å². The standard InChI is InChI=1S/C18H26N2O2S/c1-2-11-8-9-13-14(10-11)23-18(15(13)16(19)21)20-17(22)12-6-4-3-5-7-12/h11-12H,2-10H2,1H3,(H2,19,21)(H,20,22)/t11-/m0/s1. The second kappa shape index (κ2) is 7.04. The SMILES string of the molecule is CC[C@H]1CCc2c(sc(NC(=O)C3CCCCC3)c2C(N)=O)C1. The van der Waals surface area contributed by atoms with E-state index in [0.717, 1.165) is 56.9 Å². The third-order valence-electron chi connectivity index (χ3n) is 5.40. The first-order valence-electron chi connectivity index (χ1n) is 8.85. The molecule has 1 aromatic heterocycles. The Labute approximate surface area is 141 Å². The lowest BCUT2D eigenvalue weighted by molar-refractivity contribution is -0.120. The normalized spacial score (nSPS) is 21.7. The van der Waals surface area contributed by atoms with Crippen LogP contribution in [0.25, 0.3) is 0 Å². The maximum atomic E-state index is 12.5. The van der Waals surface area contributed by atoms with Crippen molar-refractivity contribution in [2.45, 2.75) is 64.7 Å². The fourth-order valence-electron chi connectivity index (χ4n) is 3.93. The zero-order valence-corrected chi connectivity index (χ0v) is 14.6. The summed E-state index contributed by atoms with van der Waals surface area (Å²) < 4.78 is 0. The van der Waals surface area contributed by atoms with Crippen molar-refractivity contribution < 1.29 is 9.59 Å². The molecule has 126 valence electrons. The Morgan fingerprint density at radius 2 is 1.96 bits per heavy atom. The first-order chi connectivity index (χ1) is 11.1. The van der Waals surface area contributed by atoms with Gasteiger partial charge in [0.1, 0.15) is 5.00 Å². The summed E-state index contributed by atoms with van der Waals surface area (Å²) >= 11 is 1.57. The van der Waals surface area contributed by atoms with Crippen molar-refractivity contribution in [2.75, 3.05) is 5.32 Å². The summed E-state index contributed by atoms with van der Waals surface area (Å²) in [5.41, 5.74) is 7.28. The van der Waals surface area contributed by atoms with E-state index in [-0.39, 0.29) is 11.8 Å². The highest BCUT2D eigenvalue weighted by Gasteiger charge is 2.29. The van der Waals surface area contributed by atoms with E-state index in [2.05, 4.69) is 12.2 Å². The first-order valence-corrected chi connectivity index (χ1v) is 9.67. The molecule has 0 spiro atoms. The zero-order valence-electron chi connectivity index (χ0n) is 13.8. The Kier molecular flexibility index (Phi) is 5.05. The van der Waals surface area contributed by atoms with Crippen LogP contribution >= 0.6 is 11.3 Å². The van der Waals surface area contributed by atoms with Gasteiger partial charge in [-0.3, -0.25) is 9.59 Å². The molecule has 23 heavy (non-hydrogen) atoms. The summed E-state index contributed by atoms with van der Waals surface area (Å²) in [6.07, 6.45) is 9.57. The lowest BCUT2D eigenvalue weighted by atomic mass is 9.85. The van der Waals surface area contributed by atoms with Gasteiger partial charge in [0, 0.05) is 10.8 Å². The highest BCUT2D eigenvalue weighted by molar-refractivity contribution is 7.17. The molecule has 1 heterocycles.